The molecule has 1 atom stereocenters. The molecular formula is C15H21ClN2O3S. The van der Waals surface area contributed by atoms with E-state index < -0.39 is 16.1 Å². The minimum absolute atomic E-state index is 0.0846. The van der Waals surface area contributed by atoms with Gasteiger partial charge in [0.05, 0.1) is 5.75 Å². The number of carbonyl (C=O) groups is 1. The molecule has 0 aliphatic carbocycles. The fourth-order valence-electron chi connectivity index (χ4n) is 2.65. The van der Waals surface area contributed by atoms with E-state index in [1.807, 2.05) is 25.1 Å². The monoisotopic (exact) mass is 344 g/mol. The van der Waals surface area contributed by atoms with Crippen molar-refractivity contribution in [1.29, 1.82) is 0 Å². The zero-order valence-electron chi connectivity index (χ0n) is 12.6. The Kier molecular flexibility index (Phi) is 5.83. The van der Waals surface area contributed by atoms with Crippen LogP contribution < -0.4 is 5.32 Å². The number of carbonyl (C=O) groups excluding carboxylic acids is 1. The lowest BCUT2D eigenvalue weighted by Gasteiger charge is -2.23. The first kappa shape index (κ1) is 17.2. The van der Waals surface area contributed by atoms with E-state index in [9.17, 15) is 13.2 Å². The lowest BCUT2D eigenvalue weighted by atomic mass is 10.2. The van der Waals surface area contributed by atoms with Crippen LogP contribution in [0.3, 0.4) is 0 Å². The van der Waals surface area contributed by atoms with E-state index in [2.05, 4.69) is 5.32 Å². The molecule has 1 amide bonds. The van der Waals surface area contributed by atoms with Gasteiger partial charge in [-0.15, -0.1) is 0 Å². The Bertz CT molecular complexity index is 633. The maximum Gasteiger partial charge on any atom is 0.238 e. The first-order valence-electron chi connectivity index (χ1n) is 7.46. The highest BCUT2D eigenvalue weighted by atomic mass is 35.5. The normalized spacial score (nSPS) is 19.3. The van der Waals surface area contributed by atoms with Crippen molar-refractivity contribution in [2.24, 2.45) is 0 Å². The smallest absolute Gasteiger partial charge is 0.238 e. The molecule has 122 valence electrons. The zero-order chi connectivity index (χ0) is 16.2. The summed E-state index contributed by atoms with van der Waals surface area (Å²) >= 11 is 6.05. The van der Waals surface area contributed by atoms with E-state index in [1.54, 1.807) is 6.07 Å². The van der Waals surface area contributed by atoms with Crippen molar-refractivity contribution in [3.63, 3.8) is 0 Å². The lowest BCUT2D eigenvalue weighted by Crippen LogP contribution is -2.46. The minimum Gasteiger partial charge on any atom is -0.351 e. The molecule has 22 heavy (non-hydrogen) atoms. The molecule has 1 aliphatic rings. The second kappa shape index (κ2) is 7.44. The molecule has 1 heterocycles. The number of benzene rings is 1. The van der Waals surface area contributed by atoms with Crippen LogP contribution >= 0.6 is 11.6 Å². The molecule has 2 rings (SSSR count). The van der Waals surface area contributed by atoms with E-state index in [0.29, 0.717) is 37.4 Å². The number of nitrogens with zero attached hydrogens (tertiary/aromatic N) is 1. The van der Waals surface area contributed by atoms with Gasteiger partial charge in [0.15, 0.2) is 0 Å². The summed E-state index contributed by atoms with van der Waals surface area (Å²) in [6, 6.07) is 6.67. The molecule has 1 aromatic carbocycles. The maximum absolute atomic E-state index is 12.3. The molecule has 0 aromatic heterocycles. The highest BCUT2D eigenvalue weighted by Crippen LogP contribution is 2.22. The average Bonchev–Trinajstić information content (AvgIpc) is 2.96. The predicted octanol–water partition coefficient (Wildman–Crippen LogP) is 2.16. The highest BCUT2D eigenvalue weighted by Gasteiger charge is 2.37. The van der Waals surface area contributed by atoms with Crippen LogP contribution in [-0.2, 0) is 21.4 Å². The topological polar surface area (TPSA) is 66.5 Å². The van der Waals surface area contributed by atoms with Gasteiger partial charge >= 0.3 is 0 Å². The zero-order valence-corrected chi connectivity index (χ0v) is 14.2. The lowest BCUT2D eigenvalue weighted by molar-refractivity contribution is -0.124. The molecule has 0 radical (unpaired) electrons. The van der Waals surface area contributed by atoms with Crippen LogP contribution in [0.15, 0.2) is 24.3 Å². The van der Waals surface area contributed by atoms with Crippen molar-refractivity contribution in [3.05, 3.63) is 34.9 Å². The third kappa shape index (κ3) is 4.00. The Morgan fingerprint density at radius 2 is 2.14 bits per heavy atom. The van der Waals surface area contributed by atoms with Crippen LogP contribution in [0.1, 0.15) is 31.7 Å². The van der Waals surface area contributed by atoms with Crippen molar-refractivity contribution >= 4 is 27.5 Å². The van der Waals surface area contributed by atoms with Gasteiger partial charge in [-0.2, -0.15) is 4.31 Å². The van der Waals surface area contributed by atoms with Gasteiger partial charge in [-0.05, 0) is 30.9 Å². The second-order valence-corrected chi connectivity index (χ2v) is 7.84. The number of halogens is 1. The summed E-state index contributed by atoms with van der Waals surface area (Å²) in [5, 5.41) is 3.38. The number of hydrogen-bond donors (Lipinski definition) is 1. The summed E-state index contributed by atoms with van der Waals surface area (Å²) in [4.78, 5) is 12.3. The largest absolute Gasteiger partial charge is 0.351 e. The number of rotatable bonds is 6. The Labute approximate surface area is 136 Å². The van der Waals surface area contributed by atoms with Gasteiger partial charge in [-0.3, -0.25) is 4.79 Å². The summed E-state index contributed by atoms with van der Waals surface area (Å²) in [6.07, 6.45) is 1.83. The van der Waals surface area contributed by atoms with Gasteiger partial charge in [0.1, 0.15) is 6.04 Å². The fourth-order valence-corrected chi connectivity index (χ4v) is 4.60. The summed E-state index contributed by atoms with van der Waals surface area (Å²) in [7, 11) is -3.35. The second-order valence-electron chi connectivity index (χ2n) is 5.39. The molecule has 1 unspecified atom stereocenters. The first-order chi connectivity index (χ1) is 10.5. The van der Waals surface area contributed by atoms with Crippen LogP contribution in [0.25, 0.3) is 0 Å². The summed E-state index contributed by atoms with van der Waals surface area (Å²) in [5.74, 6) is -0.168. The van der Waals surface area contributed by atoms with E-state index in [4.69, 9.17) is 11.6 Å². The molecule has 7 heteroatoms. The maximum atomic E-state index is 12.3. The molecule has 0 saturated carbocycles. The SMILES string of the molecule is CCCS(=O)(=O)N1CCCC1C(=O)NCc1ccccc1Cl. The van der Waals surface area contributed by atoms with Crippen molar-refractivity contribution in [1.82, 2.24) is 9.62 Å². The van der Waals surface area contributed by atoms with Crippen molar-refractivity contribution in [2.45, 2.75) is 38.8 Å². The highest BCUT2D eigenvalue weighted by molar-refractivity contribution is 7.89. The van der Waals surface area contributed by atoms with Crippen LogP contribution in [0.4, 0.5) is 0 Å². The summed E-state index contributed by atoms with van der Waals surface area (Å²) in [5.41, 5.74) is 0.818. The Balaban J connectivity index is 2.01. The molecule has 1 N–H and O–H groups in total. The molecule has 1 fully saturated rings. The number of hydrogen-bond acceptors (Lipinski definition) is 3. The van der Waals surface area contributed by atoms with Crippen molar-refractivity contribution in [3.8, 4) is 0 Å². The predicted molar refractivity (Wildman–Crippen MR) is 87.1 cm³/mol. The minimum atomic E-state index is -3.35. The third-order valence-electron chi connectivity index (χ3n) is 3.74. The van der Waals surface area contributed by atoms with E-state index in [-0.39, 0.29) is 11.7 Å². The Hall–Kier alpha value is -1.11. The van der Waals surface area contributed by atoms with Gasteiger partial charge < -0.3 is 5.32 Å². The molecular weight excluding hydrogens is 324 g/mol. The fraction of sp³-hybridized carbons (Fsp3) is 0.533. The average molecular weight is 345 g/mol. The molecule has 5 nitrogen and oxygen atoms in total. The van der Waals surface area contributed by atoms with Gasteiger partial charge in [0.25, 0.3) is 0 Å². The summed E-state index contributed by atoms with van der Waals surface area (Å²) in [6.45, 7) is 2.54. The number of sulfonamides is 1. The first-order valence-corrected chi connectivity index (χ1v) is 9.45. The van der Waals surface area contributed by atoms with Gasteiger partial charge in [-0.1, -0.05) is 36.7 Å². The standard InChI is InChI=1S/C15H21ClN2O3S/c1-2-10-22(20,21)18-9-5-8-14(18)15(19)17-11-12-6-3-4-7-13(12)16/h3-4,6-7,14H,2,5,8-11H2,1H3,(H,17,19). The van der Waals surface area contributed by atoms with Gasteiger partial charge in [-0.25, -0.2) is 8.42 Å². The van der Waals surface area contributed by atoms with E-state index in [1.165, 1.54) is 4.31 Å². The summed E-state index contributed by atoms with van der Waals surface area (Å²) < 4.78 is 25.7. The van der Waals surface area contributed by atoms with Crippen LogP contribution in [0, 0.1) is 0 Å². The quantitative estimate of drug-likeness (QED) is 0.860. The van der Waals surface area contributed by atoms with Gasteiger partial charge in [0, 0.05) is 18.1 Å². The van der Waals surface area contributed by atoms with Crippen LogP contribution in [0.2, 0.25) is 5.02 Å². The molecule has 0 spiro atoms. The third-order valence-corrected chi connectivity index (χ3v) is 6.18. The van der Waals surface area contributed by atoms with E-state index >= 15 is 0 Å². The van der Waals surface area contributed by atoms with Crippen LogP contribution in [-0.4, -0.2) is 37.0 Å². The molecule has 1 aliphatic heterocycles. The van der Waals surface area contributed by atoms with Crippen molar-refractivity contribution in [2.75, 3.05) is 12.3 Å². The molecule has 0 bridgehead atoms. The Morgan fingerprint density at radius 3 is 2.82 bits per heavy atom. The molecule has 1 saturated heterocycles. The van der Waals surface area contributed by atoms with Crippen molar-refractivity contribution < 1.29 is 13.2 Å². The number of amides is 1. The van der Waals surface area contributed by atoms with E-state index in [0.717, 1.165) is 5.56 Å². The Morgan fingerprint density at radius 1 is 1.41 bits per heavy atom. The number of nitrogens with one attached hydrogen (secondary N) is 1. The molecule has 1 aromatic rings. The van der Waals surface area contributed by atoms with Gasteiger partial charge in [0.2, 0.25) is 15.9 Å². The van der Waals surface area contributed by atoms with Crippen LogP contribution in [0.5, 0.6) is 0 Å².